The van der Waals surface area contributed by atoms with Crippen LogP contribution >= 0.6 is 0 Å². The molecule has 0 aliphatic rings. The average molecular weight is 238 g/mol. The summed E-state index contributed by atoms with van der Waals surface area (Å²) in [6.07, 6.45) is 1.09. The minimum atomic E-state index is -0.198. The zero-order chi connectivity index (χ0) is 12.8. The van der Waals surface area contributed by atoms with Crippen molar-refractivity contribution in [3.05, 3.63) is 35.6 Å². The van der Waals surface area contributed by atoms with Crippen LogP contribution in [0.4, 0.5) is 4.39 Å². The Bertz CT molecular complexity index is 321. The van der Waals surface area contributed by atoms with Gasteiger partial charge in [-0.3, -0.25) is 4.90 Å². The quantitative estimate of drug-likeness (QED) is 0.825. The topological polar surface area (TPSA) is 29.3 Å². The summed E-state index contributed by atoms with van der Waals surface area (Å²) in [6, 6.07) is 7.28. The third-order valence-corrected chi connectivity index (χ3v) is 3.02. The van der Waals surface area contributed by atoms with Crippen molar-refractivity contribution in [1.29, 1.82) is 0 Å². The van der Waals surface area contributed by atoms with E-state index in [1.165, 1.54) is 12.1 Å². The Morgan fingerprint density at radius 1 is 1.24 bits per heavy atom. The van der Waals surface area contributed by atoms with Crippen molar-refractivity contribution in [2.24, 2.45) is 5.73 Å². The molecule has 1 rings (SSSR count). The van der Waals surface area contributed by atoms with E-state index >= 15 is 0 Å². The highest BCUT2D eigenvalue weighted by Gasteiger charge is 2.20. The maximum atomic E-state index is 12.9. The van der Waals surface area contributed by atoms with Crippen LogP contribution in [0.25, 0.3) is 0 Å². The highest BCUT2D eigenvalue weighted by atomic mass is 19.1. The number of benzene rings is 1. The Hall–Kier alpha value is -0.930. The normalized spacial score (nSPS) is 13.4. The Kier molecular flexibility index (Phi) is 5.59. The summed E-state index contributed by atoms with van der Waals surface area (Å²) < 4.78 is 12.9. The molecule has 0 bridgehead atoms. The number of nitrogens with two attached hydrogens (primary N) is 1. The number of halogens is 1. The van der Waals surface area contributed by atoms with Gasteiger partial charge in [0.05, 0.1) is 0 Å². The third-order valence-electron chi connectivity index (χ3n) is 3.02. The zero-order valence-electron chi connectivity index (χ0n) is 11.0. The van der Waals surface area contributed by atoms with Crippen molar-refractivity contribution in [2.45, 2.75) is 39.3 Å². The maximum absolute atomic E-state index is 12.9. The molecule has 0 amide bonds. The molecule has 96 valence electrons. The molecule has 17 heavy (non-hydrogen) atoms. The van der Waals surface area contributed by atoms with Gasteiger partial charge in [-0.1, -0.05) is 19.1 Å². The fraction of sp³-hybridized carbons (Fsp3) is 0.571. The smallest absolute Gasteiger partial charge is 0.123 e. The van der Waals surface area contributed by atoms with Crippen molar-refractivity contribution in [3.63, 3.8) is 0 Å². The predicted molar refractivity (Wildman–Crippen MR) is 70.3 cm³/mol. The van der Waals surface area contributed by atoms with Gasteiger partial charge in [-0.2, -0.15) is 0 Å². The van der Waals surface area contributed by atoms with E-state index in [-0.39, 0.29) is 11.9 Å². The molecule has 0 aromatic heterocycles. The predicted octanol–water partition coefficient (Wildman–Crippen LogP) is 2.95. The van der Waals surface area contributed by atoms with Gasteiger partial charge >= 0.3 is 0 Å². The molecular formula is C14H23FN2. The van der Waals surface area contributed by atoms with Gasteiger partial charge in [0.1, 0.15) is 5.82 Å². The summed E-state index contributed by atoms with van der Waals surface area (Å²) in [6.45, 7) is 8.07. The average Bonchev–Trinajstić information content (AvgIpc) is 2.31. The summed E-state index contributed by atoms with van der Waals surface area (Å²) in [7, 11) is 0. The summed E-state index contributed by atoms with van der Waals surface area (Å²) in [5, 5.41) is 0. The molecule has 0 spiro atoms. The number of rotatable bonds is 6. The minimum Gasteiger partial charge on any atom is -0.329 e. The van der Waals surface area contributed by atoms with Gasteiger partial charge in [-0.15, -0.1) is 0 Å². The van der Waals surface area contributed by atoms with Crippen LogP contribution in [0.3, 0.4) is 0 Å². The van der Waals surface area contributed by atoms with E-state index in [1.54, 1.807) is 0 Å². The van der Waals surface area contributed by atoms with Crippen LogP contribution in [-0.2, 0) is 0 Å². The first-order valence-electron chi connectivity index (χ1n) is 6.31. The van der Waals surface area contributed by atoms with Gasteiger partial charge in [0.2, 0.25) is 0 Å². The highest BCUT2D eigenvalue weighted by Crippen LogP contribution is 2.22. The van der Waals surface area contributed by atoms with E-state index in [9.17, 15) is 4.39 Å². The molecule has 1 aromatic carbocycles. The second-order valence-corrected chi connectivity index (χ2v) is 4.63. The lowest BCUT2D eigenvalue weighted by atomic mass is 10.0. The highest BCUT2D eigenvalue weighted by molar-refractivity contribution is 5.20. The fourth-order valence-corrected chi connectivity index (χ4v) is 2.18. The van der Waals surface area contributed by atoms with Crippen molar-refractivity contribution in [2.75, 3.05) is 13.1 Å². The number of hydrogen-bond acceptors (Lipinski definition) is 2. The second-order valence-electron chi connectivity index (χ2n) is 4.63. The molecule has 1 atom stereocenters. The third kappa shape index (κ3) is 3.79. The summed E-state index contributed by atoms with van der Waals surface area (Å²) in [5.74, 6) is -0.198. The van der Waals surface area contributed by atoms with E-state index in [0.29, 0.717) is 12.6 Å². The first-order valence-corrected chi connectivity index (χ1v) is 6.31. The first-order chi connectivity index (χ1) is 8.10. The van der Waals surface area contributed by atoms with E-state index in [1.807, 2.05) is 12.1 Å². The summed E-state index contributed by atoms with van der Waals surface area (Å²) in [5.41, 5.74) is 6.97. The lowest BCUT2D eigenvalue weighted by Crippen LogP contribution is -2.39. The molecule has 2 nitrogen and oxygen atoms in total. The van der Waals surface area contributed by atoms with E-state index in [4.69, 9.17) is 5.73 Å². The molecule has 0 aliphatic heterocycles. The van der Waals surface area contributed by atoms with Crippen LogP contribution in [0.2, 0.25) is 0 Å². The van der Waals surface area contributed by atoms with E-state index in [0.717, 1.165) is 18.5 Å². The van der Waals surface area contributed by atoms with Crippen LogP contribution in [0.15, 0.2) is 24.3 Å². The van der Waals surface area contributed by atoms with Gasteiger partial charge in [-0.25, -0.2) is 4.39 Å². The molecular weight excluding hydrogens is 215 g/mol. The molecule has 0 heterocycles. The molecule has 0 saturated carbocycles. The Morgan fingerprint density at radius 3 is 2.24 bits per heavy atom. The van der Waals surface area contributed by atoms with E-state index < -0.39 is 0 Å². The number of hydrogen-bond donors (Lipinski definition) is 1. The van der Waals surface area contributed by atoms with Gasteiger partial charge < -0.3 is 5.73 Å². The molecule has 0 radical (unpaired) electrons. The zero-order valence-corrected chi connectivity index (χ0v) is 11.0. The summed E-state index contributed by atoms with van der Waals surface area (Å²) in [4.78, 5) is 2.37. The lowest BCUT2D eigenvalue weighted by molar-refractivity contribution is 0.157. The molecule has 0 aliphatic carbocycles. The van der Waals surface area contributed by atoms with Crippen molar-refractivity contribution in [1.82, 2.24) is 4.90 Å². The monoisotopic (exact) mass is 238 g/mol. The Balaban J connectivity index is 2.91. The van der Waals surface area contributed by atoms with Gasteiger partial charge in [0.25, 0.3) is 0 Å². The van der Waals surface area contributed by atoms with Crippen LogP contribution < -0.4 is 5.73 Å². The standard InChI is InChI=1S/C14H23FN2/c1-4-9-17(11(2)3)14(10-16)12-5-7-13(15)8-6-12/h5-8,11,14H,4,9-10,16H2,1-3H3. The van der Waals surface area contributed by atoms with Gasteiger partial charge in [-0.05, 0) is 44.5 Å². The molecule has 3 heteroatoms. The fourth-order valence-electron chi connectivity index (χ4n) is 2.18. The molecule has 1 aromatic rings. The lowest BCUT2D eigenvalue weighted by Gasteiger charge is -2.34. The molecule has 0 saturated heterocycles. The van der Waals surface area contributed by atoms with Gasteiger partial charge in [0, 0.05) is 18.6 Å². The van der Waals surface area contributed by atoms with Crippen molar-refractivity contribution >= 4 is 0 Å². The second kappa shape index (κ2) is 6.72. The molecule has 1 unspecified atom stereocenters. The Labute approximate surface area is 104 Å². The van der Waals surface area contributed by atoms with Crippen LogP contribution in [0.1, 0.15) is 38.8 Å². The maximum Gasteiger partial charge on any atom is 0.123 e. The molecule has 2 N–H and O–H groups in total. The van der Waals surface area contributed by atoms with Crippen LogP contribution in [0, 0.1) is 5.82 Å². The largest absolute Gasteiger partial charge is 0.329 e. The first kappa shape index (κ1) is 14.1. The van der Waals surface area contributed by atoms with Crippen molar-refractivity contribution < 1.29 is 4.39 Å². The number of nitrogens with zero attached hydrogens (tertiary/aromatic N) is 1. The van der Waals surface area contributed by atoms with Crippen LogP contribution in [-0.4, -0.2) is 24.0 Å². The summed E-state index contributed by atoms with van der Waals surface area (Å²) >= 11 is 0. The van der Waals surface area contributed by atoms with Crippen molar-refractivity contribution in [3.8, 4) is 0 Å². The SMILES string of the molecule is CCCN(C(C)C)C(CN)c1ccc(F)cc1. The Morgan fingerprint density at radius 2 is 1.82 bits per heavy atom. The van der Waals surface area contributed by atoms with Crippen LogP contribution in [0.5, 0.6) is 0 Å². The molecule has 0 fully saturated rings. The minimum absolute atomic E-state index is 0.176. The van der Waals surface area contributed by atoms with E-state index in [2.05, 4.69) is 25.7 Å². The van der Waals surface area contributed by atoms with Gasteiger partial charge in [0.15, 0.2) is 0 Å².